The van der Waals surface area contributed by atoms with Gasteiger partial charge in [0.05, 0.1) is 0 Å². The summed E-state index contributed by atoms with van der Waals surface area (Å²) in [5.74, 6) is 0.557. The fourth-order valence-electron chi connectivity index (χ4n) is 2.09. The minimum Gasteiger partial charge on any atom is -0.462 e. The van der Waals surface area contributed by atoms with Crippen LogP contribution < -0.4 is 0 Å². The number of aliphatic hydroxyl groups excluding tert-OH is 1. The lowest BCUT2D eigenvalue weighted by Gasteiger charge is -2.25. The smallest absolute Gasteiger partial charge is 0.247 e. The molecule has 0 bridgehead atoms. The molecule has 7 heteroatoms. The van der Waals surface area contributed by atoms with Gasteiger partial charge in [-0.25, -0.2) is 8.42 Å². The molecule has 0 spiro atoms. The molecule has 2 aromatic rings. The van der Waals surface area contributed by atoms with E-state index >= 15 is 0 Å². The number of thiophene rings is 1. The predicted octanol–water partition coefficient (Wildman–Crippen LogP) is 2.74. The maximum absolute atomic E-state index is 12.8. The van der Waals surface area contributed by atoms with E-state index in [2.05, 4.69) is 0 Å². The molecule has 0 amide bonds. The number of sulfonamides is 1. The van der Waals surface area contributed by atoms with Crippen LogP contribution in [-0.2, 0) is 23.2 Å². The molecule has 0 unspecified atom stereocenters. The van der Waals surface area contributed by atoms with Crippen molar-refractivity contribution in [1.82, 2.24) is 4.31 Å². The average molecular weight is 329 g/mol. The van der Waals surface area contributed by atoms with Crippen LogP contribution in [0, 0.1) is 6.92 Å². The zero-order chi connectivity index (χ0) is 15.6. The molecule has 0 aliphatic heterocycles. The molecule has 0 atom stereocenters. The third kappa shape index (κ3) is 3.37. The van der Waals surface area contributed by atoms with Crippen LogP contribution in [0.3, 0.4) is 0 Å². The van der Waals surface area contributed by atoms with Crippen molar-refractivity contribution in [2.75, 3.05) is 0 Å². The highest BCUT2D eigenvalue weighted by molar-refractivity contribution is 7.89. The normalized spacial score (nSPS) is 12.5. The van der Waals surface area contributed by atoms with Gasteiger partial charge < -0.3 is 9.52 Å². The lowest BCUT2D eigenvalue weighted by molar-refractivity contribution is 0.244. The molecular formula is C14H19NO4S2. The first-order valence-corrected chi connectivity index (χ1v) is 8.92. The second-order valence-corrected chi connectivity index (χ2v) is 7.91. The zero-order valence-corrected chi connectivity index (χ0v) is 13.9. The first-order valence-electron chi connectivity index (χ1n) is 6.60. The summed E-state index contributed by atoms with van der Waals surface area (Å²) in [4.78, 5) is 1.10. The number of nitrogens with zero attached hydrogens (tertiary/aromatic N) is 1. The van der Waals surface area contributed by atoms with Crippen LogP contribution in [0.15, 0.2) is 32.9 Å². The fourth-order valence-corrected chi connectivity index (χ4v) is 4.67. The van der Waals surface area contributed by atoms with E-state index < -0.39 is 10.0 Å². The first kappa shape index (κ1) is 16.2. The highest BCUT2D eigenvalue weighted by atomic mass is 32.2. The monoisotopic (exact) mass is 329 g/mol. The molecule has 2 aromatic heterocycles. The Morgan fingerprint density at radius 1 is 1.43 bits per heavy atom. The van der Waals surface area contributed by atoms with Crippen molar-refractivity contribution in [2.45, 2.75) is 44.9 Å². The van der Waals surface area contributed by atoms with Gasteiger partial charge in [-0.3, -0.25) is 0 Å². The molecule has 0 radical (unpaired) electrons. The lowest BCUT2D eigenvalue weighted by Crippen LogP contribution is -2.36. The maximum atomic E-state index is 12.8. The Balaban J connectivity index is 2.39. The Hall–Kier alpha value is -1.15. The minimum atomic E-state index is -3.66. The first-order chi connectivity index (χ1) is 9.86. The van der Waals surface area contributed by atoms with Crippen LogP contribution in [0.2, 0.25) is 0 Å². The van der Waals surface area contributed by atoms with Crippen molar-refractivity contribution in [1.29, 1.82) is 0 Å². The molecule has 116 valence electrons. The molecule has 0 fully saturated rings. The topological polar surface area (TPSA) is 70.8 Å². The van der Waals surface area contributed by atoms with Gasteiger partial charge in [0.2, 0.25) is 10.0 Å². The van der Waals surface area contributed by atoms with Crippen molar-refractivity contribution in [3.8, 4) is 0 Å². The van der Waals surface area contributed by atoms with Gasteiger partial charge in [0.15, 0.2) is 0 Å². The molecule has 1 N–H and O–H groups in total. The Kier molecular flexibility index (Phi) is 4.88. The average Bonchev–Trinajstić information content (AvgIpc) is 3.04. The van der Waals surface area contributed by atoms with E-state index in [0.29, 0.717) is 12.3 Å². The highest BCUT2D eigenvalue weighted by Crippen LogP contribution is 2.27. The van der Waals surface area contributed by atoms with Gasteiger partial charge in [0.25, 0.3) is 0 Å². The summed E-state index contributed by atoms with van der Waals surface area (Å²) in [6.45, 7) is 5.29. The number of aryl methyl sites for hydroxylation is 1. The van der Waals surface area contributed by atoms with Crippen LogP contribution >= 0.6 is 11.3 Å². The van der Waals surface area contributed by atoms with Crippen LogP contribution in [0.4, 0.5) is 0 Å². The van der Waals surface area contributed by atoms with Gasteiger partial charge in [-0.05, 0) is 32.2 Å². The second-order valence-electron chi connectivity index (χ2n) is 5.01. The zero-order valence-electron chi connectivity index (χ0n) is 12.2. The third-order valence-corrected chi connectivity index (χ3v) is 6.12. The minimum absolute atomic E-state index is 0.122. The summed E-state index contributed by atoms with van der Waals surface area (Å²) in [7, 11) is -3.66. The molecule has 0 aliphatic carbocycles. The van der Waals surface area contributed by atoms with Gasteiger partial charge in [-0.2, -0.15) is 4.31 Å². The van der Waals surface area contributed by atoms with Crippen molar-refractivity contribution in [2.24, 2.45) is 0 Å². The number of hydrogen-bond donors (Lipinski definition) is 1. The maximum Gasteiger partial charge on any atom is 0.247 e. The standard InChI is InChI=1S/C14H19NO4S2/c1-10(2)15(8-13-5-4-6-20-13)21(17,18)14-7-12(9-16)19-11(14)3/h4-7,10,16H,8-9H2,1-3H3. The Labute approximate surface area is 128 Å². The van der Waals surface area contributed by atoms with E-state index in [1.54, 1.807) is 6.92 Å². The van der Waals surface area contributed by atoms with E-state index in [4.69, 9.17) is 9.52 Å². The van der Waals surface area contributed by atoms with Gasteiger partial charge >= 0.3 is 0 Å². The van der Waals surface area contributed by atoms with Gasteiger partial charge in [-0.1, -0.05) is 6.07 Å². The molecule has 0 aliphatic rings. The number of aliphatic hydroxyl groups is 1. The summed E-state index contributed by atoms with van der Waals surface area (Å²) in [5, 5.41) is 11.0. The van der Waals surface area contributed by atoms with Gasteiger partial charge in [0.1, 0.15) is 23.0 Å². The molecule has 5 nitrogen and oxygen atoms in total. The molecule has 0 saturated heterocycles. The van der Waals surface area contributed by atoms with E-state index in [9.17, 15) is 8.42 Å². The summed E-state index contributed by atoms with van der Waals surface area (Å²) in [6.07, 6.45) is 0. The summed E-state index contributed by atoms with van der Waals surface area (Å²) >= 11 is 1.52. The summed E-state index contributed by atoms with van der Waals surface area (Å²) < 4.78 is 32.4. The molecule has 0 saturated carbocycles. The van der Waals surface area contributed by atoms with Gasteiger partial charge in [-0.15, -0.1) is 11.3 Å². The molecule has 2 rings (SSSR count). The van der Waals surface area contributed by atoms with Crippen LogP contribution in [0.5, 0.6) is 0 Å². The van der Waals surface area contributed by atoms with E-state index in [-0.39, 0.29) is 23.3 Å². The Morgan fingerprint density at radius 3 is 2.62 bits per heavy atom. The lowest BCUT2D eigenvalue weighted by atomic mass is 10.4. The Bertz CT molecular complexity index is 687. The molecule has 2 heterocycles. The van der Waals surface area contributed by atoms with Crippen molar-refractivity contribution in [3.63, 3.8) is 0 Å². The number of rotatable bonds is 6. The molecular weight excluding hydrogens is 310 g/mol. The molecule has 21 heavy (non-hydrogen) atoms. The van der Waals surface area contributed by atoms with Crippen molar-refractivity contribution < 1.29 is 17.9 Å². The van der Waals surface area contributed by atoms with E-state index in [1.165, 1.54) is 21.7 Å². The van der Waals surface area contributed by atoms with Crippen LogP contribution in [0.25, 0.3) is 0 Å². The van der Waals surface area contributed by atoms with Crippen molar-refractivity contribution >= 4 is 21.4 Å². The second kappa shape index (κ2) is 6.31. The third-order valence-electron chi connectivity index (χ3n) is 3.13. The largest absolute Gasteiger partial charge is 0.462 e. The number of hydrogen-bond acceptors (Lipinski definition) is 5. The molecule has 0 aromatic carbocycles. The Morgan fingerprint density at radius 2 is 2.14 bits per heavy atom. The van der Waals surface area contributed by atoms with E-state index in [1.807, 2.05) is 31.4 Å². The van der Waals surface area contributed by atoms with Crippen molar-refractivity contribution in [3.05, 3.63) is 40.0 Å². The highest BCUT2D eigenvalue weighted by Gasteiger charge is 2.31. The fraction of sp³-hybridized carbons (Fsp3) is 0.429. The quantitative estimate of drug-likeness (QED) is 0.884. The van der Waals surface area contributed by atoms with Gasteiger partial charge in [0, 0.05) is 23.5 Å². The summed E-state index contributed by atoms with van der Waals surface area (Å²) in [6, 6.07) is 5.03. The number of furan rings is 1. The van der Waals surface area contributed by atoms with E-state index in [0.717, 1.165) is 4.88 Å². The van der Waals surface area contributed by atoms with Crippen LogP contribution in [-0.4, -0.2) is 23.9 Å². The predicted molar refractivity (Wildman–Crippen MR) is 81.6 cm³/mol. The van der Waals surface area contributed by atoms with Crippen LogP contribution in [0.1, 0.15) is 30.2 Å². The summed E-state index contributed by atoms with van der Waals surface area (Å²) in [5.41, 5.74) is 0. The SMILES string of the molecule is Cc1oc(CO)cc1S(=O)(=O)N(Cc1cccs1)C(C)C.